The zero-order chi connectivity index (χ0) is 24.3. The number of nitrogens with zero attached hydrogens (tertiary/aromatic N) is 1. The first-order chi connectivity index (χ1) is 16.5. The molecule has 3 aromatic rings. The van der Waals surface area contributed by atoms with Gasteiger partial charge in [0.15, 0.2) is 18.1 Å². The summed E-state index contributed by atoms with van der Waals surface area (Å²) in [5, 5.41) is 6.73. The van der Waals surface area contributed by atoms with Crippen LogP contribution >= 0.6 is 0 Å². The van der Waals surface area contributed by atoms with Gasteiger partial charge in [0, 0.05) is 16.8 Å². The molecule has 9 nitrogen and oxygen atoms in total. The summed E-state index contributed by atoms with van der Waals surface area (Å²) in [6.45, 7) is -0.155. The number of hydrogen-bond acceptors (Lipinski definition) is 7. The lowest BCUT2D eigenvalue weighted by atomic mass is 10.2. The van der Waals surface area contributed by atoms with E-state index >= 15 is 0 Å². The predicted octanol–water partition coefficient (Wildman–Crippen LogP) is 3.49. The molecule has 9 heteroatoms. The summed E-state index contributed by atoms with van der Waals surface area (Å²) in [4.78, 5) is 24.4. The minimum absolute atomic E-state index is 0.155. The lowest BCUT2D eigenvalue weighted by Crippen LogP contribution is -2.20. The van der Waals surface area contributed by atoms with Gasteiger partial charge < -0.3 is 24.3 Å². The summed E-state index contributed by atoms with van der Waals surface area (Å²) in [7, 11) is 4.54. The first-order valence-electron chi connectivity index (χ1n) is 10.3. The van der Waals surface area contributed by atoms with Gasteiger partial charge in [-0.15, -0.1) is 0 Å². The number of hydrazone groups is 1. The Hall–Kier alpha value is -4.53. The van der Waals surface area contributed by atoms with Gasteiger partial charge in [-0.1, -0.05) is 18.2 Å². The van der Waals surface area contributed by atoms with Crippen molar-refractivity contribution in [2.75, 3.05) is 33.3 Å². The van der Waals surface area contributed by atoms with Gasteiger partial charge in [-0.05, 0) is 48.5 Å². The number of benzene rings is 3. The Morgan fingerprint density at radius 2 is 1.56 bits per heavy atom. The molecule has 2 N–H and O–H groups in total. The molecule has 176 valence electrons. The average Bonchev–Trinajstić information content (AvgIpc) is 2.87. The summed E-state index contributed by atoms with van der Waals surface area (Å²) in [5.41, 5.74) is 4.12. The van der Waals surface area contributed by atoms with Gasteiger partial charge in [-0.25, -0.2) is 5.43 Å². The second kappa shape index (κ2) is 11.9. The molecule has 0 atom stereocenters. The number of methoxy groups -OCH3 is 3. The number of ether oxygens (including phenoxy) is 4. The third kappa shape index (κ3) is 6.26. The lowest BCUT2D eigenvalue weighted by molar-refractivity contribution is -0.118. The van der Waals surface area contributed by atoms with E-state index < -0.39 is 5.91 Å². The van der Waals surface area contributed by atoms with Gasteiger partial charge in [0.1, 0.15) is 5.75 Å². The van der Waals surface area contributed by atoms with E-state index in [2.05, 4.69) is 15.8 Å². The lowest BCUT2D eigenvalue weighted by Gasteiger charge is -2.13. The van der Waals surface area contributed by atoms with Gasteiger partial charge in [-0.2, -0.15) is 5.10 Å². The van der Waals surface area contributed by atoms with E-state index in [1.807, 2.05) is 18.2 Å². The zero-order valence-corrected chi connectivity index (χ0v) is 19.0. The fourth-order valence-electron chi connectivity index (χ4n) is 3.02. The van der Waals surface area contributed by atoms with Gasteiger partial charge >= 0.3 is 0 Å². The monoisotopic (exact) mass is 463 g/mol. The van der Waals surface area contributed by atoms with Crippen molar-refractivity contribution in [3.63, 3.8) is 0 Å². The molecule has 3 rings (SSSR count). The van der Waals surface area contributed by atoms with Crippen molar-refractivity contribution in [2.45, 2.75) is 0 Å². The number of hydrogen-bond donors (Lipinski definition) is 2. The summed E-state index contributed by atoms with van der Waals surface area (Å²) in [6.07, 6.45) is 1.45. The summed E-state index contributed by atoms with van der Waals surface area (Å²) in [5.74, 6) is 1.13. The Labute approximate surface area is 197 Å². The maximum absolute atomic E-state index is 12.4. The van der Waals surface area contributed by atoms with Crippen molar-refractivity contribution >= 4 is 23.7 Å². The molecule has 0 aromatic heterocycles. The standard InChI is InChI=1S/C25H25N3O6/c1-31-21-14-11-18(23(32-2)24(21)33-3)15-26-28-25(30)17-9-12-20(13-10-17)34-16-22(29)27-19-7-5-4-6-8-19/h4-15H,16H2,1-3H3,(H,27,29)(H,28,30)/b26-15-. The molecule has 3 aromatic carbocycles. The largest absolute Gasteiger partial charge is 0.493 e. The summed E-state index contributed by atoms with van der Waals surface area (Å²) < 4.78 is 21.4. The highest BCUT2D eigenvalue weighted by atomic mass is 16.5. The second-order valence-electron chi connectivity index (χ2n) is 6.85. The molecule has 0 heterocycles. The Morgan fingerprint density at radius 3 is 2.21 bits per heavy atom. The summed E-state index contributed by atoms with van der Waals surface area (Å²) >= 11 is 0. The Kier molecular flexibility index (Phi) is 8.45. The number of amides is 2. The van der Waals surface area contributed by atoms with Crippen molar-refractivity contribution in [2.24, 2.45) is 5.10 Å². The van der Waals surface area contributed by atoms with E-state index in [0.717, 1.165) is 0 Å². The topological polar surface area (TPSA) is 107 Å². The SMILES string of the molecule is COc1ccc(/C=N\NC(=O)c2ccc(OCC(=O)Nc3ccccc3)cc2)c(OC)c1OC. The molecule has 0 radical (unpaired) electrons. The molecule has 2 amide bonds. The number of rotatable bonds is 10. The van der Waals surface area contributed by atoms with Crippen molar-refractivity contribution in [3.05, 3.63) is 77.9 Å². The number of para-hydroxylation sites is 1. The van der Waals surface area contributed by atoms with E-state index in [-0.39, 0.29) is 12.5 Å². The number of nitrogens with one attached hydrogen (secondary N) is 2. The van der Waals surface area contributed by atoms with Gasteiger partial charge in [0.05, 0.1) is 27.5 Å². The van der Waals surface area contributed by atoms with Gasteiger partial charge in [-0.3, -0.25) is 9.59 Å². The highest BCUT2D eigenvalue weighted by Crippen LogP contribution is 2.38. The Balaban J connectivity index is 1.55. The molecule has 0 saturated carbocycles. The van der Waals surface area contributed by atoms with Crippen LogP contribution in [0.3, 0.4) is 0 Å². The number of anilines is 1. The van der Waals surface area contributed by atoms with E-state index in [4.69, 9.17) is 18.9 Å². The van der Waals surface area contributed by atoms with Crippen LogP contribution in [0.1, 0.15) is 15.9 Å². The van der Waals surface area contributed by atoms with Crippen LogP contribution in [0.25, 0.3) is 0 Å². The quantitative estimate of drug-likeness (QED) is 0.352. The van der Waals surface area contributed by atoms with Crippen LogP contribution in [0.4, 0.5) is 5.69 Å². The van der Waals surface area contributed by atoms with E-state index in [1.165, 1.54) is 27.5 Å². The number of carbonyl (C=O) groups is 2. The minimum Gasteiger partial charge on any atom is -0.493 e. The van der Waals surface area contributed by atoms with Gasteiger partial charge in [0.25, 0.3) is 11.8 Å². The summed E-state index contributed by atoms with van der Waals surface area (Å²) in [6, 6.07) is 18.9. The molecule has 0 aliphatic rings. The smallest absolute Gasteiger partial charge is 0.271 e. The maximum Gasteiger partial charge on any atom is 0.271 e. The highest BCUT2D eigenvalue weighted by molar-refractivity contribution is 5.95. The fraction of sp³-hybridized carbons (Fsp3) is 0.160. The van der Waals surface area contributed by atoms with Crippen LogP contribution in [-0.2, 0) is 4.79 Å². The van der Waals surface area contributed by atoms with Crippen molar-refractivity contribution in [1.29, 1.82) is 0 Å². The third-order valence-electron chi connectivity index (χ3n) is 4.65. The van der Waals surface area contributed by atoms with Crippen LogP contribution in [0.15, 0.2) is 71.8 Å². The molecular weight excluding hydrogens is 438 g/mol. The molecule has 0 fully saturated rings. The predicted molar refractivity (Wildman–Crippen MR) is 128 cm³/mol. The van der Waals surface area contributed by atoms with E-state index in [0.29, 0.717) is 39.8 Å². The molecule has 0 aliphatic carbocycles. The Bertz CT molecular complexity index is 1150. The van der Waals surface area contributed by atoms with Crippen molar-refractivity contribution < 1.29 is 28.5 Å². The molecule has 0 unspecified atom stereocenters. The Morgan fingerprint density at radius 1 is 0.853 bits per heavy atom. The van der Waals surface area contributed by atoms with E-state index in [9.17, 15) is 9.59 Å². The van der Waals surface area contributed by atoms with Gasteiger partial charge in [0.2, 0.25) is 5.75 Å². The average molecular weight is 463 g/mol. The van der Waals surface area contributed by atoms with Crippen LogP contribution in [0, 0.1) is 0 Å². The zero-order valence-electron chi connectivity index (χ0n) is 19.0. The third-order valence-corrected chi connectivity index (χ3v) is 4.65. The molecule has 0 aliphatic heterocycles. The van der Waals surface area contributed by atoms with Crippen LogP contribution in [-0.4, -0.2) is 46.0 Å². The molecular formula is C25H25N3O6. The first kappa shape index (κ1) is 24.1. The highest BCUT2D eigenvalue weighted by Gasteiger charge is 2.14. The minimum atomic E-state index is -0.413. The van der Waals surface area contributed by atoms with Crippen LogP contribution < -0.4 is 29.7 Å². The first-order valence-corrected chi connectivity index (χ1v) is 10.3. The normalized spacial score (nSPS) is 10.4. The maximum atomic E-state index is 12.4. The van der Waals surface area contributed by atoms with Crippen LogP contribution in [0.2, 0.25) is 0 Å². The molecule has 34 heavy (non-hydrogen) atoms. The van der Waals surface area contributed by atoms with Crippen molar-refractivity contribution in [3.8, 4) is 23.0 Å². The van der Waals surface area contributed by atoms with E-state index in [1.54, 1.807) is 48.5 Å². The van der Waals surface area contributed by atoms with Crippen LogP contribution in [0.5, 0.6) is 23.0 Å². The van der Waals surface area contributed by atoms with Crippen molar-refractivity contribution in [1.82, 2.24) is 5.43 Å². The molecule has 0 spiro atoms. The second-order valence-corrected chi connectivity index (χ2v) is 6.85. The molecule has 0 bridgehead atoms. The fourth-order valence-corrected chi connectivity index (χ4v) is 3.02. The molecule has 0 saturated heterocycles. The number of carbonyl (C=O) groups excluding carboxylic acids is 2.